The number of hydrogen-bond donors (Lipinski definition) is 2. The first-order valence-corrected chi connectivity index (χ1v) is 8.61. The van der Waals surface area contributed by atoms with Gasteiger partial charge in [0.2, 0.25) is 0 Å². The highest BCUT2D eigenvalue weighted by atomic mass is 127. The van der Waals surface area contributed by atoms with Crippen molar-refractivity contribution >= 4 is 41.3 Å². The van der Waals surface area contributed by atoms with Crippen molar-refractivity contribution in [1.82, 2.24) is 10.6 Å². The van der Waals surface area contributed by atoms with Gasteiger partial charge < -0.3 is 10.6 Å². The van der Waals surface area contributed by atoms with E-state index in [1.807, 2.05) is 24.5 Å². The summed E-state index contributed by atoms with van der Waals surface area (Å²) in [5, 5.41) is 9.00. The Morgan fingerprint density at radius 2 is 1.87 bits per heavy atom. The van der Waals surface area contributed by atoms with Crippen LogP contribution in [0.3, 0.4) is 0 Å². The van der Waals surface area contributed by atoms with Crippen molar-refractivity contribution in [2.24, 2.45) is 10.9 Å². The fraction of sp³-hybridized carbons (Fsp3) is 0.389. The fourth-order valence-electron chi connectivity index (χ4n) is 2.34. The monoisotopic (exact) mass is 443 g/mol. The Morgan fingerprint density at radius 3 is 2.48 bits per heavy atom. The summed E-state index contributed by atoms with van der Waals surface area (Å²) in [4.78, 5) is 5.76. The van der Waals surface area contributed by atoms with E-state index < -0.39 is 0 Å². The molecule has 0 aliphatic carbocycles. The predicted octanol–water partition coefficient (Wildman–Crippen LogP) is 4.47. The van der Waals surface area contributed by atoms with Crippen molar-refractivity contribution in [3.8, 4) is 0 Å². The summed E-state index contributed by atoms with van der Waals surface area (Å²) in [6, 6.07) is 15.0. The third-order valence-corrected chi connectivity index (χ3v) is 4.52. The Hall–Kier alpha value is -1.08. The Balaban J connectivity index is 0.00000264. The minimum atomic E-state index is 0. The lowest BCUT2D eigenvalue weighted by Gasteiger charge is -2.20. The molecule has 0 aliphatic rings. The number of benzene rings is 1. The van der Waals surface area contributed by atoms with Crippen molar-refractivity contribution in [3.05, 3.63) is 58.3 Å². The zero-order valence-electron chi connectivity index (χ0n) is 14.0. The van der Waals surface area contributed by atoms with Gasteiger partial charge in [-0.15, -0.1) is 35.3 Å². The lowest BCUT2D eigenvalue weighted by Crippen LogP contribution is -2.40. The molecule has 2 rings (SSSR count). The van der Waals surface area contributed by atoms with Gasteiger partial charge in [-0.2, -0.15) is 0 Å². The molecule has 0 bridgehead atoms. The molecule has 0 saturated heterocycles. The van der Waals surface area contributed by atoms with E-state index in [9.17, 15) is 0 Å². The Bertz CT molecular complexity index is 569. The zero-order valence-corrected chi connectivity index (χ0v) is 17.1. The van der Waals surface area contributed by atoms with E-state index in [0.717, 1.165) is 18.9 Å². The quantitative estimate of drug-likeness (QED) is 0.393. The van der Waals surface area contributed by atoms with Crippen LogP contribution in [0.25, 0.3) is 0 Å². The maximum Gasteiger partial charge on any atom is 0.191 e. The fourth-order valence-corrected chi connectivity index (χ4v) is 3.21. The summed E-state index contributed by atoms with van der Waals surface area (Å²) in [6.07, 6.45) is 1.11. The molecule has 1 heterocycles. The first kappa shape index (κ1) is 20.0. The first-order valence-electron chi connectivity index (χ1n) is 7.73. The van der Waals surface area contributed by atoms with Crippen LogP contribution in [0.2, 0.25) is 0 Å². The van der Waals surface area contributed by atoms with Gasteiger partial charge in [0.15, 0.2) is 5.96 Å². The van der Waals surface area contributed by atoms with Gasteiger partial charge in [-0.25, -0.2) is 0 Å². The number of thiophene rings is 1. The number of aliphatic imine (C=N–C) groups is 1. The normalized spacial score (nSPS) is 13.8. The molecule has 0 radical (unpaired) electrons. The molecule has 23 heavy (non-hydrogen) atoms. The van der Waals surface area contributed by atoms with Gasteiger partial charge in [-0.3, -0.25) is 4.99 Å². The lowest BCUT2D eigenvalue weighted by atomic mass is 10.1. The average Bonchev–Trinajstić information content (AvgIpc) is 3.05. The summed E-state index contributed by atoms with van der Waals surface area (Å²) in [5.41, 5.74) is 1.26. The van der Waals surface area contributed by atoms with Crippen LogP contribution in [0.4, 0.5) is 0 Å². The number of nitrogens with zero attached hydrogens (tertiary/aromatic N) is 1. The predicted molar refractivity (Wildman–Crippen MR) is 112 cm³/mol. The lowest BCUT2D eigenvalue weighted by molar-refractivity contribution is 0.556. The molecule has 2 aromatic rings. The highest BCUT2D eigenvalue weighted by molar-refractivity contribution is 14.0. The molecule has 1 aromatic carbocycles. The molecule has 0 aliphatic heterocycles. The number of hydrogen-bond acceptors (Lipinski definition) is 2. The Labute approximate surface area is 160 Å². The number of halogens is 1. The Morgan fingerprint density at radius 1 is 1.13 bits per heavy atom. The summed E-state index contributed by atoms with van der Waals surface area (Å²) in [6.45, 7) is 5.33. The number of guanidine groups is 1. The smallest absolute Gasteiger partial charge is 0.191 e. The van der Waals surface area contributed by atoms with E-state index in [0.29, 0.717) is 5.92 Å². The molecule has 5 heteroatoms. The third-order valence-electron chi connectivity index (χ3n) is 3.62. The van der Waals surface area contributed by atoms with E-state index in [1.165, 1.54) is 10.4 Å². The minimum Gasteiger partial charge on any atom is -0.356 e. The third kappa shape index (κ3) is 6.91. The van der Waals surface area contributed by atoms with E-state index >= 15 is 0 Å². The van der Waals surface area contributed by atoms with Gasteiger partial charge in [-0.05, 0) is 36.3 Å². The van der Waals surface area contributed by atoms with Crippen molar-refractivity contribution in [2.45, 2.75) is 26.3 Å². The molecule has 2 unspecified atom stereocenters. The summed E-state index contributed by atoms with van der Waals surface area (Å²) in [5.74, 6) is 1.43. The molecule has 0 spiro atoms. The Kier molecular flexibility index (Phi) is 9.24. The van der Waals surface area contributed by atoms with Gasteiger partial charge in [0.25, 0.3) is 0 Å². The number of rotatable bonds is 6. The maximum absolute atomic E-state index is 4.32. The molecular weight excluding hydrogens is 417 g/mol. The number of nitrogens with one attached hydrogen (secondary N) is 2. The SMILES string of the molecule is CN=C(NCC(C)Cc1cccs1)NC(C)c1ccccc1.I. The van der Waals surface area contributed by atoms with Crippen molar-refractivity contribution in [1.29, 1.82) is 0 Å². The van der Waals surface area contributed by atoms with Gasteiger partial charge in [-0.1, -0.05) is 43.3 Å². The maximum atomic E-state index is 4.32. The van der Waals surface area contributed by atoms with Crippen LogP contribution in [0, 0.1) is 5.92 Å². The molecule has 0 amide bonds. The van der Waals surface area contributed by atoms with E-state index in [4.69, 9.17) is 0 Å². The first-order chi connectivity index (χ1) is 10.7. The summed E-state index contributed by atoms with van der Waals surface area (Å²) >= 11 is 1.83. The summed E-state index contributed by atoms with van der Waals surface area (Å²) in [7, 11) is 1.82. The molecule has 2 N–H and O–H groups in total. The highest BCUT2D eigenvalue weighted by Crippen LogP contribution is 2.14. The second-order valence-corrected chi connectivity index (χ2v) is 6.65. The minimum absolute atomic E-state index is 0. The van der Waals surface area contributed by atoms with Crippen LogP contribution in [0.5, 0.6) is 0 Å². The molecule has 126 valence electrons. The van der Waals surface area contributed by atoms with E-state index in [1.54, 1.807) is 0 Å². The van der Waals surface area contributed by atoms with Crippen LogP contribution in [0.1, 0.15) is 30.3 Å². The highest BCUT2D eigenvalue weighted by Gasteiger charge is 2.09. The summed E-state index contributed by atoms with van der Waals surface area (Å²) < 4.78 is 0. The van der Waals surface area contributed by atoms with Crippen molar-refractivity contribution < 1.29 is 0 Å². The van der Waals surface area contributed by atoms with Gasteiger partial charge in [0.05, 0.1) is 6.04 Å². The molecule has 2 atom stereocenters. The second kappa shape index (κ2) is 10.6. The van der Waals surface area contributed by atoms with E-state index in [2.05, 4.69) is 71.3 Å². The van der Waals surface area contributed by atoms with Crippen LogP contribution in [-0.2, 0) is 6.42 Å². The van der Waals surface area contributed by atoms with Crippen LogP contribution in [0.15, 0.2) is 52.8 Å². The largest absolute Gasteiger partial charge is 0.356 e. The zero-order chi connectivity index (χ0) is 15.8. The van der Waals surface area contributed by atoms with Crippen LogP contribution < -0.4 is 10.6 Å². The van der Waals surface area contributed by atoms with E-state index in [-0.39, 0.29) is 30.0 Å². The van der Waals surface area contributed by atoms with Gasteiger partial charge >= 0.3 is 0 Å². The molecule has 1 aromatic heterocycles. The van der Waals surface area contributed by atoms with Gasteiger partial charge in [0.1, 0.15) is 0 Å². The topological polar surface area (TPSA) is 36.4 Å². The average molecular weight is 443 g/mol. The van der Waals surface area contributed by atoms with Crippen LogP contribution >= 0.6 is 35.3 Å². The van der Waals surface area contributed by atoms with Crippen molar-refractivity contribution in [2.75, 3.05) is 13.6 Å². The molecule has 3 nitrogen and oxygen atoms in total. The second-order valence-electron chi connectivity index (χ2n) is 5.62. The van der Waals surface area contributed by atoms with Crippen molar-refractivity contribution in [3.63, 3.8) is 0 Å². The van der Waals surface area contributed by atoms with Crippen LogP contribution in [-0.4, -0.2) is 19.6 Å². The standard InChI is InChI=1S/C18H25N3S.HI/c1-14(12-17-10-7-11-22-17)13-20-18(19-3)21-15(2)16-8-5-4-6-9-16;/h4-11,14-15H,12-13H2,1-3H3,(H2,19,20,21);1H. The molecular formula is C18H26IN3S. The molecule has 0 fully saturated rings. The van der Waals surface area contributed by atoms with Gasteiger partial charge in [0, 0.05) is 18.5 Å². The molecule has 0 saturated carbocycles.